The van der Waals surface area contributed by atoms with Crippen molar-refractivity contribution in [1.82, 2.24) is 5.32 Å². The predicted molar refractivity (Wildman–Crippen MR) is 108 cm³/mol. The minimum Gasteiger partial charge on any atom is -0.381 e. The Hall–Kier alpha value is -2.82. The normalized spacial score (nSPS) is 16.3. The number of halogens is 1. The molecule has 2 aromatic rings. The number of hydrogen-bond acceptors (Lipinski definition) is 5. The van der Waals surface area contributed by atoms with E-state index >= 15 is 0 Å². The number of ether oxygens (including phenoxy) is 1. The van der Waals surface area contributed by atoms with Crippen LogP contribution in [-0.4, -0.2) is 40.0 Å². The van der Waals surface area contributed by atoms with Crippen LogP contribution >= 0.6 is 0 Å². The Bertz CT molecular complexity index is 1050. The van der Waals surface area contributed by atoms with Gasteiger partial charge in [0.05, 0.1) is 23.5 Å². The third kappa shape index (κ3) is 5.62. The SMILES string of the molecule is NS(=O)(=O)c1cc(NC(=O)Cc2ccccc2F)ccc1C(=O)NCC1CCOC1. The largest absolute Gasteiger partial charge is 0.381 e. The molecular weight excluding hydrogens is 413 g/mol. The number of hydrogen-bond donors (Lipinski definition) is 3. The molecule has 1 fully saturated rings. The van der Waals surface area contributed by atoms with Crippen molar-refractivity contribution >= 4 is 27.5 Å². The second-order valence-electron chi connectivity index (χ2n) is 7.01. The fourth-order valence-electron chi connectivity index (χ4n) is 3.12. The van der Waals surface area contributed by atoms with Gasteiger partial charge in [0.15, 0.2) is 0 Å². The van der Waals surface area contributed by atoms with Gasteiger partial charge in [-0.1, -0.05) is 18.2 Å². The summed E-state index contributed by atoms with van der Waals surface area (Å²) in [6, 6.07) is 9.62. The zero-order valence-corrected chi connectivity index (χ0v) is 16.9. The average molecular weight is 435 g/mol. The minimum atomic E-state index is -4.24. The molecule has 2 amide bonds. The van der Waals surface area contributed by atoms with Crippen LogP contribution in [0.2, 0.25) is 0 Å². The van der Waals surface area contributed by atoms with Crippen LogP contribution in [0.4, 0.5) is 10.1 Å². The molecule has 3 rings (SSSR count). The number of primary sulfonamides is 1. The standard InChI is InChI=1S/C20H22FN3O5S/c21-17-4-2-1-3-14(17)9-19(25)24-15-5-6-16(18(10-15)30(22,27)28)20(26)23-11-13-7-8-29-12-13/h1-6,10,13H,7-9,11-12H2,(H,23,26)(H,24,25)(H2,22,27,28). The van der Waals surface area contributed by atoms with Crippen molar-refractivity contribution in [1.29, 1.82) is 0 Å². The fourth-order valence-corrected chi connectivity index (χ4v) is 3.88. The number of carbonyl (C=O) groups is 2. The van der Waals surface area contributed by atoms with Crippen LogP contribution in [-0.2, 0) is 26.0 Å². The Morgan fingerprint density at radius 2 is 1.97 bits per heavy atom. The molecule has 1 aliphatic heterocycles. The van der Waals surface area contributed by atoms with E-state index in [4.69, 9.17) is 9.88 Å². The van der Waals surface area contributed by atoms with E-state index in [9.17, 15) is 22.4 Å². The van der Waals surface area contributed by atoms with Gasteiger partial charge >= 0.3 is 0 Å². The van der Waals surface area contributed by atoms with Gasteiger partial charge in [-0.25, -0.2) is 17.9 Å². The first-order chi connectivity index (χ1) is 14.2. The van der Waals surface area contributed by atoms with Crippen molar-refractivity contribution in [3.8, 4) is 0 Å². The zero-order chi connectivity index (χ0) is 21.7. The van der Waals surface area contributed by atoms with Gasteiger partial charge in [0.1, 0.15) is 5.82 Å². The Labute approximate surface area is 173 Å². The molecule has 1 aliphatic rings. The van der Waals surface area contributed by atoms with Gasteiger partial charge in [0.2, 0.25) is 15.9 Å². The summed E-state index contributed by atoms with van der Waals surface area (Å²) in [5.41, 5.74) is 0.207. The Kier molecular flexibility index (Phi) is 6.80. The third-order valence-corrected chi connectivity index (χ3v) is 5.65. The van der Waals surface area contributed by atoms with E-state index in [0.717, 1.165) is 12.5 Å². The first kappa shape index (κ1) is 21.9. The highest BCUT2D eigenvalue weighted by Gasteiger charge is 2.22. The molecule has 30 heavy (non-hydrogen) atoms. The molecular formula is C20H22FN3O5S. The Morgan fingerprint density at radius 1 is 1.20 bits per heavy atom. The Morgan fingerprint density at radius 3 is 2.63 bits per heavy atom. The lowest BCUT2D eigenvalue weighted by molar-refractivity contribution is -0.115. The monoisotopic (exact) mass is 435 g/mol. The van der Waals surface area contributed by atoms with Crippen LogP contribution in [0.25, 0.3) is 0 Å². The summed E-state index contributed by atoms with van der Waals surface area (Å²) in [4.78, 5) is 24.3. The lowest BCUT2D eigenvalue weighted by Crippen LogP contribution is -2.31. The second-order valence-corrected chi connectivity index (χ2v) is 8.54. The van der Waals surface area contributed by atoms with Crippen LogP contribution in [0.1, 0.15) is 22.3 Å². The summed E-state index contributed by atoms with van der Waals surface area (Å²) < 4.78 is 43.0. The van der Waals surface area contributed by atoms with Gasteiger partial charge in [0.25, 0.3) is 5.91 Å². The van der Waals surface area contributed by atoms with Crippen LogP contribution in [0.3, 0.4) is 0 Å². The highest BCUT2D eigenvalue weighted by molar-refractivity contribution is 7.89. The molecule has 2 aromatic carbocycles. The zero-order valence-electron chi connectivity index (χ0n) is 16.1. The lowest BCUT2D eigenvalue weighted by atomic mass is 10.1. The number of sulfonamides is 1. The van der Waals surface area contributed by atoms with E-state index < -0.39 is 32.6 Å². The molecule has 0 aliphatic carbocycles. The number of benzene rings is 2. The van der Waals surface area contributed by atoms with Crippen LogP contribution < -0.4 is 15.8 Å². The number of rotatable bonds is 7. The third-order valence-electron chi connectivity index (χ3n) is 4.70. The van der Waals surface area contributed by atoms with Gasteiger partial charge in [-0.2, -0.15) is 0 Å². The van der Waals surface area contributed by atoms with Crippen molar-refractivity contribution in [2.75, 3.05) is 25.1 Å². The van der Waals surface area contributed by atoms with E-state index in [-0.39, 0.29) is 29.2 Å². The van der Waals surface area contributed by atoms with E-state index in [0.29, 0.717) is 19.8 Å². The molecule has 10 heteroatoms. The van der Waals surface area contributed by atoms with Gasteiger partial charge in [0, 0.05) is 24.8 Å². The summed E-state index contributed by atoms with van der Waals surface area (Å²) in [6.07, 6.45) is 0.582. The average Bonchev–Trinajstić information content (AvgIpc) is 3.21. The Balaban J connectivity index is 1.74. The maximum absolute atomic E-state index is 13.7. The topological polar surface area (TPSA) is 128 Å². The maximum atomic E-state index is 13.7. The molecule has 1 unspecified atom stereocenters. The highest BCUT2D eigenvalue weighted by atomic mass is 32.2. The van der Waals surface area contributed by atoms with E-state index in [1.54, 1.807) is 6.07 Å². The van der Waals surface area contributed by atoms with Crippen LogP contribution in [0.15, 0.2) is 47.4 Å². The summed E-state index contributed by atoms with van der Waals surface area (Å²) in [5.74, 6) is -1.48. The molecule has 1 heterocycles. The van der Waals surface area contributed by atoms with Crippen molar-refractivity contribution in [2.24, 2.45) is 11.1 Å². The number of nitrogens with one attached hydrogen (secondary N) is 2. The van der Waals surface area contributed by atoms with E-state index in [2.05, 4.69) is 10.6 Å². The molecule has 0 aromatic heterocycles. The number of nitrogens with two attached hydrogens (primary N) is 1. The fraction of sp³-hybridized carbons (Fsp3) is 0.300. The maximum Gasteiger partial charge on any atom is 0.252 e. The molecule has 160 valence electrons. The molecule has 0 radical (unpaired) electrons. The van der Waals surface area contributed by atoms with Gasteiger partial charge < -0.3 is 15.4 Å². The molecule has 4 N–H and O–H groups in total. The molecule has 0 saturated carbocycles. The number of carbonyl (C=O) groups excluding carboxylic acids is 2. The summed E-state index contributed by atoms with van der Waals surface area (Å²) >= 11 is 0. The van der Waals surface area contributed by atoms with Crippen molar-refractivity contribution < 1.29 is 27.1 Å². The van der Waals surface area contributed by atoms with Crippen molar-refractivity contribution in [3.05, 3.63) is 59.4 Å². The van der Waals surface area contributed by atoms with E-state index in [1.807, 2.05) is 0 Å². The van der Waals surface area contributed by atoms with Crippen LogP contribution in [0, 0.1) is 11.7 Å². The molecule has 1 saturated heterocycles. The molecule has 8 nitrogen and oxygen atoms in total. The van der Waals surface area contributed by atoms with Gasteiger partial charge in [-0.05, 0) is 36.2 Å². The van der Waals surface area contributed by atoms with Gasteiger partial charge in [-0.15, -0.1) is 0 Å². The van der Waals surface area contributed by atoms with Crippen molar-refractivity contribution in [2.45, 2.75) is 17.7 Å². The lowest BCUT2D eigenvalue weighted by Gasteiger charge is -2.13. The first-order valence-electron chi connectivity index (χ1n) is 9.30. The van der Waals surface area contributed by atoms with E-state index in [1.165, 1.54) is 30.3 Å². The predicted octanol–water partition coefficient (Wildman–Crippen LogP) is 1.42. The molecule has 0 bridgehead atoms. The highest BCUT2D eigenvalue weighted by Crippen LogP contribution is 2.21. The number of amides is 2. The molecule has 0 spiro atoms. The quantitative estimate of drug-likeness (QED) is 0.606. The summed E-state index contributed by atoms with van der Waals surface area (Å²) in [7, 11) is -4.24. The summed E-state index contributed by atoms with van der Waals surface area (Å²) in [5, 5.41) is 10.5. The number of anilines is 1. The summed E-state index contributed by atoms with van der Waals surface area (Å²) in [6.45, 7) is 1.52. The first-order valence-corrected chi connectivity index (χ1v) is 10.8. The van der Waals surface area contributed by atoms with Crippen LogP contribution in [0.5, 0.6) is 0 Å². The second kappa shape index (κ2) is 9.33. The van der Waals surface area contributed by atoms with Gasteiger partial charge in [-0.3, -0.25) is 9.59 Å². The minimum absolute atomic E-state index is 0.122. The molecule has 1 atom stereocenters. The van der Waals surface area contributed by atoms with Crippen molar-refractivity contribution in [3.63, 3.8) is 0 Å². The smallest absolute Gasteiger partial charge is 0.252 e.